The van der Waals surface area contributed by atoms with Crippen LogP contribution in [0.3, 0.4) is 0 Å². The molecular weight excluding hydrogens is 537 g/mol. The summed E-state index contributed by atoms with van der Waals surface area (Å²) < 4.78 is 41.9. The molecule has 0 saturated heterocycles. The molecule has 1 saturated carbocycles. The predicted octanol–water partition coefficient (Wildman–Crippen LogP) is 5.76. The molecule has 5 rings (SSSR count). The smallest absolute Gasteiger partial charge is 0.408 e. The Kier molecular flexibility index (Phi) is 6.76. The summed E-state index contributed by atoms with van der Waals surface area (Å²) in [6, 6.07) is 16.2. The van der Waals surface area contributed by atoms with Crippen LogP contribution in [0.1, 0.15) is 39.2 Å². The van der Waals surface area contributed by atoms with Crippen LogP contribution in [-0.4, -0.2) is 53.1 Å². The van der Waals surface area contributed by atoms with Crippen molar-refractivity contribution in [1.29, 1.82) is 0 Å². The molecule has 1 aliphatic carbocycles. The molecule has 2 N–H and O–H groups in total. The average molecular weight is 569 g/mol. The number of aliphatic hydroxyl groups excluding tert-OH is 1. The van der Waals surface area contributed by atoms with E-state index in [0.717, 1.165) is 11.9 Å². The SMILES string of the molecule is Cn1c(-c2ccc(C3(N(C(=O)O)C(C)(C)C)CC(O)C3)cc2)c(-c2ccccc2)c2c(=O)n(CC(F)(F)F)cnc21. The number of benzene rings is 2. The van der Waals surface area contributed by atoms with Gasteiger partial charge in [-0.05, 0) is 37.5 Å². The van der Waals surface area contributed by atoms with E-state index in [2.05, 4.69) is 4.98 Å². The molecule has 2 aromatic heterocycles. The standard InChI is InChI=1S/C30H31F3N4O4/c1-28(2,3)37(27(40)41)29(14-21(38)15-29)20-12-10-19(11-13-20)24-22(18-8-6-5-7-9-18)23-25(35(24)4)34-17-36(26(23)39)16-30(31,32)33/h5-13,17,21,38H,14-16H2,1-4H3,(H,40,41). The third-order valence-electron chi connectivity index (χ3n) is 7.70. The Morgan fingerprint density at radius 2 is 1.66 bits per heavy atom. The molecule has 1 amide bonds. The van der Waals surface area contributed by atoms with Crippen LogP contribution >= 0.6 is 0 Å². The largest absolute Gasteiger partial charge is 0.465 e. The number of aliphatic hydroxyl groups is 1. The van der Waals surface area contributed by atoms with Crippen molar-refractivity contribution in [2.24, 2.45) is 7.05 Å². The summed E-state index contributed by atoms with van der Waals surface area (Å²) in [5, 5.41) is 20.4. The van der Waals surface area contributed by atoms with Crippen molar-refractivity contribution < 1.29 is 28.2 Å². The topological polar surface area (TPSA) is 101 Å². The van der Waals surface area contributed by atoms with Gasteiger partial charge in [0, 0.05) is 31.0 Å². The molecule has 0 spiro atoms. The zero-order valence-corrected chi connectivity index (χ0v) is 23.1. The Labute approximate surface area is 234 Å². The van der Waals surface area contributed by atoms with Gasteiger partial charge in [0.05, 0.1) is 22.7 Å². The van der Waals surface area contributed by atoms with E-state index in [4.69, 9.17) is 0 Å². The number of carboxylic acid groups (broad SMARTS) is 1. The van der Waals surface area contributed by atoms with Crippen molar-refractivity contribution in [2.75, 3.05) is 0 Å². The van der Waals surface area contributed by atoms with Gasteiger partial charge in [-0.1, -0.05) is 54.6 Å². The van der Waals surface area contributed by atoms with Crippen molar-refractivity contribution in [2.45, 2.75) is 63.5 Å². The first-order valence-electron chi connectivity index (χ1n) is 13.2. The molecule has 0 atom stereocenters. The van der Waals surface area contributed by atoms with Gasteiger partial charge >= 0.3 is 12.3 Å². The molecule has 11 heteroatoms. The van der Waals surface area contributed by atoms with E-state index in [9.17, 15) is 33.0 Å². The summed E-state index contributed by atoms with van der Waals surface area (Å²) in [7, 11) is 1.70. The Bertz CT molecular complexity index is 1660. The van der Waals surface area contributed by atoms with Crippen molar-refractivity contribution in [3.63, 3.8) is 0 Å². The first-order valence-corrected chi connectivity index (χ1v) is 13.2. The van der Waals surface area contributed by atoms with Crippen LogP contribution in [0.15, 0.2) is 65.7 Å². The highest BCUT2D eigenvalue weighted by Crippen LogP contribution is 2.50. The highest BCUT2D eigenvalue weighted by Gasteiger charge is 2.54. The fourth-order valence-corrected chi connectivity index (χ4v) is 6.19. The molecule has 4 aromatic rings. The number of hydrogen-bond acceptors (Lipinski definition) is 4. The lowest BCUT2D eigenvalue weighted by Gasteiger charge is -2.56. The van der Waals surface area contributed by atoms with Crippen LogP contribution in [0.4, 0.5) is 18.0 Å². The second-order valence-corrected chi connectivity index (χ2v) is 11.6. The molecule has 216 valence electrons. The normalized spacial score (nSPS) is 19.3. The van der Waals surface area contributed by atoms with Gasteiger partial charge in [-0.2, -0.15) is 13.2 Å². The maximum absolute atomic E-state index is 13.4. The molecule has 8 nitrogen and oxygen atoms in total. The Morgan fingerprint density at radius 1 is 1.05 bits per heavy atom. The molecule has 1 aliphatic rings. The summed E-state index contributed by atoms with van der Waals surface area (Å²) in [6.07, 6.45) is -4.90. The fourth-order valence-electron chi connectivity index (χ4n) is 6.19. The molecule has 0 unspecified atom stereocenters. The Hall–Kier alpha value is -4.12. The van der Waals surface area contributed by atoms with E-state index in [0.29, 0.717) is 27.0 Å². The first kappa shape index (κ1) is 28.4. The Morgan fingerprint density at radius 3 is 2.17 bits per heavy atom. The van der Waals surface area contributed by atoms with Gasteiger partial charge in [0.25, 0.3) is 5.56 Å². The Balaban J connectivity index is 1.70. The lowest BCUT2D eigenvalue weighted by atomic mass is 9.67. The summed E-state index contributed by atoms with van der Waals surface area (Å²) in [5.41, 5.74) is 0.866. The van der Waals surface area contributed by atoms with Crippen LogP contribution in [0.5, 0.6) is 0 Å². The minimum absolute atomic E-state index is 0.0768. The maximum Gasteiger partial charge on any atom is 0.408 e. The minimum Gasteiger partial charge on any atom is -0.465 e. The third kappa shape index (κ3) is 4.88. The molecule has 41 heavy (non-hydrogen) atoms. The first-order chi connectivity index (χ1) is 19.1. The fraction of sp³-hybridized carbons (Fsp3) is 0.367. The molecule has 2 heterocycles. The van der Waals surface area contributed by atoms with Gasteiger partial charge in [0.1, 0.15) is 18.5 Å². The number of carbonyl (C=O) groups is 1. The van der Waals surface area contributed by atoms with Gasteiger partial charge in [-0.15, -0.1) is 0 Å². The predicted molar refractivity (Wildman–Crippen MR) is 148 cm³/mol. The number of amides is 1. The van der Waals surface area contributed by atoms with E-state index < -0.39 is 41.6 Å². The number of fused-ring (bicyclic) bond motifs is 1. The lowest BCUT2D eigenvalue weighted by Crippen LogP contribution is -2.64. The number of halogens is 3. The second kappa shape index (κ2) is 9.76. The highest BCUT2D eigenvalue weighted by molar-refractivity contribution is 6.02. The third-order valence-corrected chi connectivity index (χ3v) is 7.70. The van der Waals surface area contributed by atoms with Crippen LogP contribution in [-0.2, 0) is 19.1 Å². The molecule has 0 aliphatic heterocycles. The molecule has 0 radical (unpaired) electrons. The number of hydrogen-bond donors (Lipinski definition) is 2. The monoisotopic (exact) mass is 568 g/mol. The van der Waals surface area contributed by atoms with Gasteiger partial charge in [-0.25, -0.2) is 9.78 Å². The van der Waals surface area contributed by atoms with Crippen LogP contribution in [0, 0.1) is 0 Å². The van der Waals surface area contributed by atoms with Crippen molar-refractivity contribution in [3.05, 3.63) is 76.8 Å². The summed E-state index contributed by atoms with van der Waals surface area (Å²) in [5.74, 6) is 0. The molecule has 0 bridgehead atoms. The number of alkyl halides is 3. The van der Waals surface area contributed by atoms with Crippen molar-refractivity contribution >= 4 is 17.1 Å². The van der Waals surface area contributed by atoms with E-state index in [1.54, 1.807) is 54.1 Å². The molecular formula is C30H31F3N4O4. The number of aryl methyl sites for hydroxylation is 1. The van der Waals surface area contributed by atoms with Gasteiger partial charge in [0.2, 0.25) is 0 Å². The van der Waals surface area contributed by atoms with Crippen LogP contribution in [0.25, 0.3) is 33.4 Å². The summed E-state index contributed by atoms with van der Waals surface area (Å²) in [4.78, 5) is 31.4. The van der Waals surface area contributed by atoms with Gasteiger partial charge < -0.3 is 14.8 Å². The lowest BCUT2D eigenvalue weighted by molar-refractivity contribution is -0.141. The van der Waals surface area contributed by atoms with E-state index in [1.165, 1.54) is 4.90 Å². The van der Waals surface area contributed by atoms with Crippen LogP contribution in [0.2, 0.25) is 0 Å². The minimum atomic E-state index is -4.60. The van der Waals surface area contributed by atoms with E-state index in [-0.39, 0.29) is 23.9 Å². The number of nitrogens with zero attached hydrogens (tertiary/aromatic N) is 4. The highest BCUT2D eigenvalue weighted by atomic mass is 19.4. The van der Waals surface area contributed by atoms with E-state index >= 15 is 0 Å². The zero-order chi connectivity index (χ0) is 29.9. The summed E-state index contributed by atoms with van der Waals surface area (Å²) in [6.45, 7) is 3.97. The van der Waals surface area contributed by atoms with Gasteiger partial charge in [-0.3, -0.25) is 14.3 Å². The number of aromatic nitrogens is 3. The molecule has 1 fully saturated rings. The van der Waals surface area contributed by atoms with E-state index in [1.807, 2.05) is 32.9 Å². The average Bonchev–Trinajstić information content (AvgIpc) is 3.16. The zero-order valence-electron chi connectivity index (χ0n) is 23.1. The van der Waals surface area contributed by atoms with Crippen molar-refractivity contribution in [1.82, 2.24) is 19.0 Å². The molecule has 2 aromatic carbocycles. The van der Waals surface area contributed by atoms with Gasteiger partial charge in [0.15, 0.2) is 0 Å². The van der Waals surface area contributed by atoms with Crippen LogP contribution < -0.4 is 5.56 Å². The number of rotatable bonds is 5. The summed E-state index contributed by atoms with van der Waals surface area (Å²) >= 11 is 0. The maximum atomic E-state index is 13.4. The quantitative estimate of drug-likeness (QED) is 0.319. The second-order valence-electron chi connectivity index (χ2n) is 11.6. The van der Waals surface area contributed by atoms with Crippen molar-refractivity contribution in [3.8, 4) is 22.4 Å².